The zero-order valence-corrected chi connectivity index (χ0v) is 10.8. The van der Waals surface area contributed by atoms with Crippen LogP contribution < -0.4 is 16.2 Å². The van der Waals surface area contributed by atoms with Gasteiger partial charge in [0.1, 0.15) is 6.54 Å². The number of H-pyrrole nitrogens is 1. The van der Waals surface area contributed by atoms with Gasteiger partial charge in [-0.1, -0.05) is 0 Å². The lowest BCUT2D eigenvalue weighted by Crippen LogP contribution is -2.38. The lowest BCUT2D eigenvalue weighted by Gasteiger charge is -2.23. The molecule has 114 valence electrons. The summed E-state index contributed by atoms with van der Waals surface area (Å²) in [6.45, 7) is -2.13. The van der Waals surface area contributed by atoms with Crippen LogP contribution in [0.5, 0.6) is 0 Å². The Balaban J connectivity index is 2.48. The average molecular weight is 302 g/mol. The smallest absolute Gasteiger partial charge is 0.399 e. The van der Waals surface area contributed by atoms with Crippen LogP contribution in [0.15, 0.2) is 23.0 Å². The van der Waals surface area contributed by atoms with Crippen LogP contribution in [0.2, 0.25) is 0 Å². The number of aliphatic hydroxyl groups excluding tert-OH is 1. The van der Waals surface area contributed by atoms with E-state index in [9.17, 15) is 18.0 Å². The van der Waals surface area contributed by atoms with Crippen molar-refractivity contribution in [2.45, 2.75) is 6.18 Å². The van der Waals surface area contributed by atoms with Gasteiger partial charge >= 0.3 is 6.18 Å². The maximum absolute atomic E-state index is 12.5. The van der Waals surface area contributed by atoms with E-state index in [0.29, 0.717) is 5.69 Å². The van der Waals surface area contributed by atoms with E-state index in [1.54, 1.807) is 0 Å². The summed E-state index contributed by atoms with van der Waals surface area (Å²) < 4.78 is 37.6. The molecule has 2 rings (SSSR count). The molecular weight excluding hydrogens is 289 g/mol. The summed E-state index contributed by atoms with van der Waals surface area (Å²) in [6.07, 6.45) is -4.48. The molecule has 0 spiro atoms. The predicted molar refractivity (Wildman–Crippen MR) is 72.1 cm³/mol. The number of aliphatic hydroxyl groups is 1. The number of fused-ring (bicyclic) bond motifs is 1. The van der Waals surface area contributed by atoms with Crippen molar-refractivity contribution in [1.29, 1.82) is 0 Å². The summed E-state index contributed by atoms with van der Waals surface area (Å²) in [4.78, 5) is 18.9. The van der Waals surface area contributed by atoms with Crippen molar-refractivity contribution in [3.63, 3.8) is 0 Å². The molecule has 6 nitrogen and oxygen atoms in total. The summed E-state index contributed by atoms with van der Waals surface area (Å²) in [7, 11) is 0. The van der Waals surface area contributed by atoms with Gasteiger partial charge in [-0.15, -0.1) is 0 Å². The minimum Gasteiger partial charge on any atom is -0.399 e. The van der Waals surface area contributed by atoms with Crippen LogP contribution in [0.4, 0.5) is 24.8 Å². The van der Waals surface area contributed by atoms with Gasteiger partial charge < -0.3 is 15.7 Å². The number of hydrogen-bond donors (Lipinski definition) is 3. The van der Waals surface area contributed by atoms with Gasteiger partial charge in [0.15, 0.2) is 0 Å². The number of nitrogens with two attached hydrogens (primary N) is 1. The number of aromatic amines is 1. The van der Waals surface area contributed by atoms with Crippen LogP contribution in [0.25, 0.3) is 10.9 Å². The molecule has 1 aromatic carbocycles. The summed E-state index contributed by atoms with van der Waals surface area (Å²) in [5.41, 5.74) is 5.54. The Hall–Kier alpha value is -2.29. The van der Waals surface area contributed by atoms with Gasteiger partial charge in [-0.25, -0.2) is 4.98 Å². The molecule has 4 N–H and O–H groups in total. The first kappa shape index (κ1) is 15.1. The van der Waals surface area contributed by atoms with Gasteiger partial charge in [-0.05, 0) is 18.2 Å². The van der Waals surface area contributed by atoms with Gasteiger partial charge in [0, 0.05) is 12.2 Å². The number of rotatable bonds is 4. The van der Waals surface area contributed by atoms with Gasteiger partial charge in [0.2, 0.25) is 5.95 Å². The van der Waals surface area contributed by atoms with Crippen LogP contribution in [-0.4, -0.2) is 40.9 Å². The molecule has 0 amide bonds. The molecule has 2 aromatic rings. The van der Waals surface area contributed by atoms with Crippen molar-refractivity contribution in [3.05, 3.63) is 28.6 Å². The van der Waals surface area contributed by atoms with E-state index in [1.165, 1.54) is 18.2 Å². The molecule has 0 unspecified atom stereocenters. The third-order valence-electron chi connectivity index (χ3n) is 2.76. The van der Waals surface area contributed by atoms with Gasteiger partial charge in [0.05, 0.1) is 17.5 Å². The first-order chi connectivity index (χ1) is 9.80. The molecule has 9 heteroatoms. The van der Waals surface area contributed by atoms with Crippen molar-refractivity contribution in [3.8, 4) is 0 Å². The minimum atomic E-state index is -4.48. The zero-order chi connectivity index (χ0) is 15.6. The highest BCUT2D eigenvalue weighted by Gasteiger charge is 2.31. The number of aromatic nitrogens is 2. The monoisotopic (exact) mass is 302 g/mol. The van der Waals surface area contributed by atoms with Crippen LogP contribution in [-0.2, 0) is 0 Å². The highest BCUT2D eigenvalue weighted by molar-refractivity contribution is 5.81. The molecule has 0 aliphatic heterocycles. The molecule has 0 fully saturated rings. The Kier molecular flexibility index (Phi) is 4.03. The van der Waals surface area contributed by atoms with E-state index in [-0.39, 0.29) is 23.4 Å². The molecule has 1 aromatic heterocycles. The Labute approximate surface area is 117 Å². The predicted octanol–water partition coefficient (Wildman–Crippen LogP) is 0.866. The van der Waals surface area contributed by atoms with Gasteiger partial charge in [0.25, 0.3) is 5.56 Å². The van der Waals surface area contributed by atoms with E-state index < -0.39 is 24.9 Å². The molecule has 0 saturated carbocycles. The summed E-state index contributed by atoms with van der Waals surface area (Å²) in [5, 5.41) is 9.06. The Morgan fingerprint density at radius 1 is 1.38 bits per heavy atom. The number of nitrogens with zero attached hydrogens (tertiary/aromatic N) is 2. The fraction of sp³-hybridized carbons (Fsp3) is 0.333. The van der Waals surface area contributed by atoms with E-state index in [0.717, 1.165) is 4.90 Å². The maximum atomic E-state index is 12.5. The number of nitrogen functional groups attached to an aromatic ring is 1. The number of nitrogens with one attached hydrogen (secondary N) is 1. The average Bonchev–Trinajstić information content (AvgIpc) is 2.37. The zero-order valence-electron chi connectivity index (χ0n) is 10.8. The maximum Gasteiger partial charge on any atom is 0.406 e. The molecule has 0 bridgehead atoms. The first-order valence-electron chi connectivity index (χ1n) is 6.02. The van der Waals surface area contributed by atoms with E-state index in [1.807, 2.05) is 0 Å². The van der Waals surface area contributed by atoms with Crippen molar-refractivity contribution in [2.75, 3.05) is 30.3 Å². The van der Waals surface area contributed by atoms with Crippen LogP contribution in [0.1, 0.15) is 0 Å². The minimum absolute atomic E-state index is 0.190. The van der Waals surface area contributed by atoms with Crippen LogP contribution >= 0.6 is 0 Å². The van der Waals surface area contributed by atoms with Crippen molar-refractivity contribution in [2.24, 2.45) is 0 Å². The Morgan fingerprint density at radius 2 is 2.10 bits per heavy atom. The molecular formula is C12H13F3N4O2. The first-order valence-corrected chi connectivity index (χ1v) is 6.02. The number of benzene rings is 1. The Morgan fingerprint density at radius 3 is 2.71 bits per heavy atom. The van der Waals surface area contributed by atoms with Gasteiger partial charge in [-0.3, -0.25) is 9.78 Å². The second kappa shape index (κ2) is 5.60. The summed E-state index contributed by atoms with van der Waals surface area (Å²) in [5.74, 6) is -0.247. The molecule has 0 aliphatic rings. The number of anilines is 2. The fourth-order valence-electron chi connectivity index (χ4n) is 1.89. The molecule has 0 radical (unpaired) electrons. The second-order valence-corrected chi connectivity index (χ2v) is 4.43. The molecule has 0 aliphatic carbocycles. The SMILES string of the molecule is Nc1ccc2nc(N(CCO)CC(F)(F)F)[nH]c(=O)c2c1. The van der Waals surface area contributed by atoms with Crippen molar-refractivity contribution >= 4 is 22.5 Å². The molecule has 0 saturated heterocycles. The lowest BCUT2D eigenvalue weighted by molar-refractivity contribution is -0.120. The number of hydrogen-bond acceptors (Lipinski definition) is 5. The van der Waals surface area contributed by atoms with Crippen LogP contribution in [0.3, 0.4) is 0 Å². The Bertz CT molecular complexity index is 699. The van der Waals surface area contributed by atoms with E-state index >= 15 is 0 Å². The largest absolute Gasteiger partial charge is 0.406 e. The quantitative estimate of drug-likeness (QED) is 0.728. The second-order valence-electron chi connectivity index (χ2n) is 4.43. The molecule has 21 heavy (non-hydrogen) atoms. The lowest BCUT2D eigenvalue weighted by atomic mass is 10.2. The standard InChI is InChI=1S/C12H13F3N4O2/c13-12(14,15)6-19(3-4-20)11-17-9-2-1-7(16)5-8(9)10(21)18-11/h1-2,5,20H,3-4,6,16H2,(H,17,18,21). The fourth-order valence-corrected chi connectivity index (χ4v) is 1.89. The molecule has 0 atom stereocenters. The van der Waals surface area contributed by atoms with E-state index in [4.69, 9.17) is 10.8 Å². The van der Waals surface area contributed by atoms with Gasteiger partial charge in [-0.2, -0.15) is 13.2 Å². The van der Waals surface area contributed by atoms with Crippen LogP contribution in [0, 0.1) is 0 Å². The third kappa shape index (κ3) is 3.63. The third-order valence-corrected chi connectivity index (χ3v) is 2.76. The van der Waals surface area contributed by atoms with Crippen molar-refractivity contribution < 1.29 is 18.3 Å². The number of alkyl halides is 3. The highest BCUT2D eigenvalue weighted by Crippen LogP contribution is 2.20. The number of halogens is 3. The van der Waals surface area contributed by atoms with Crippen molar-refractivity contribution in [1.82, 2.24) is 9.97 Å². The topological polar surface area (TPSA) is 95.2 Å². The normalized spacial score (nSPS) is 11.8. The van der Waals surface area contributed by atoms with E-state index in [2.05, 4.69) is 9.97 Å². The highest BCUT2D eigenvalue weighted by atomic mass is 19.4. The summed E-state index contributed by atoms with van der Waals surface area (Å²) >= 11 is 0. The summed E-state index contributed by atoms with van der Waals surface area (Å²) in [6, 6.07) is 4.35. The molecule has 1 heterocycles.